The number of ether oxygens (including phenoxy) is 1. The number of halogens is 1. The van der Waals surface area contributed by atoms with Gasteiger partial charge in [0, 0.05) is 25.5 Å². The van der Waals surface area contributed by atoms with E-state index in [2.05, 4.69) is 10.6 Å². The lowest BCUT2D eigenvalue weighted by Gasteiger charge is -2.10. The van der Waals surface area contributed by atoms with Crippen molar-refractivity contribution < 1.29 is 4.74 Å². The zero-order valence-corrected chi connectivity index (χ0v) is 9.68. The van der Waals surface area contributed by atoms with E-state index in [9.17, 15) is 0 Å². The summed E-state index contributed by atoms with van der Waals surface area (Å²) in [5, 5.41) is 6.50. The Morgan fingerprint density at radius 1 is 1.20 bits per heavy atom. The quantitative estimate of drug-likeness (QED) is 0.553. The number of para-hydroxylation sites is 2. The molecule has 0 heterocycles. The van der Waals surface area contributed by atoms with Gasteiger partial charge in [0.05, 0.1) is 12.8 Å². The second-order valence-corrected chi connectivity index (χ2v) is 3.44. The summed E-state index contributed by atoms with van der Waals surface area (Å²) in [5.74, 6) is 1.52. The molecule has 4 heteroatoms. The summed E-state index contributed by atoms with van der Waals surface area (Å²) in [6.07, 6.45) is 0. The Balaban J connectivity index is 2.30. The fraction of sp³-hybridized carbons (Fsp3) is 0.455. The molecule has 0 amide bonds. The summed E-state index contributed by atoms with van der Waals surface area (Å²) in [5.41, 5.74) is 1.02. The molecule has 0 bridgehead atoms. The van der Waals surface area contributed by atoms with E-state index in [1.807, 2.05) is 24.3 Å². The number of methoxy groups -OCH3 is 1. The van der Waals surface area contributed by atoms with E-state index in [0.29, 0.717) is 5.88 Å². The summed E-state index contributed by atoms with van der Waals surface area (Å²) in [7, 11) is 1.67. The second-order valence-electron chi connectivity index (χ2n) is 3.07. The Bertz CT molecular complexity index is 281. The normalized spacial score (nSPS) is 10.0. The Hall–Kier alpha value is -0.930. The van der Waals surface area contributed by atoms with E-state index in [1.165, 1.54) is 0 Å². The number of rotatable bonds is 7. The predicted molar refractivity (Wildman–Crippen MR) is 65.1 cm³/mol. The molecule has 3 nitrogen and oxygen atoms in total. The maximum absolute atomic E-state index is 5.54. The van der Waals surface area contributed by atoms with E-state index in [1.54, 1.807) is 7.11 Å². The summed E-state index contributed by atoms with van der Waals surface area (Å²) < 4.78 is 5.22. The van der Waals surface area contributed by atoms with Gasteiger partial charge in [-0.1, -0.05) is 12.1 Å². The number of anilines is 1. The second kappa shape index (κ2) is 7.37. The molecule has 0 aliphatic heterocycles. The van der Waals surface area contributed by atoms with E-state index < -0.39 is 0 Å². The Morgan fingerprint density at radius 2 is 2.00 bits per heavy atom. The molecule has 1 rings (SSSR count). The highest BCUT2D eigenvalue weighted by atomic mass is 35.5. The third-order valence-electron chi connectivity index (χ3n) is 2.00. The van der Waals surface area contributed by atoms with Crippen LogP contribution in [0.15, 0.2) is 24.3 Å². The van der Waals surface area contributed by atoms with Crippen molar-refractivity contribution >= 4 is 17.3 Å². The van der Waals surface area contributed by atoms with E-state index >= 15 is 0 Å². The number of hydrogen-bond donors (Lipinski definition) is 2. The molecular formula is C11H17ClN2O. The fourth-order valence-electron chi connectivity index (χ4n) is 1.27. The van der Waals surface area contributed by atoms with Crippen molar-refractivity contribution in [3.63, 3.8) is 0 Å². The molecule has 0 aromatic heterocycles. The van der Waals surface area contributed by atoms with Crippen LogP contribution in [0.3, 0.4) is 0 Å². The molecule has 0 saturated carbocycles. The SMILES string of the molecule is COc1ccccc1NCCNCCCl. The third-order valence-corrected chi connectivity index (χ3v) is 2.18. The minimum absolute atomic E-state index is 0.647. The monoisotopic (exact) mass is 228 g/mol. The van der Waals surface area contributed by atoms with Gasteiger partial charge in [-0.2, -0.15) is 0 Å². The molecule has 0 saturated heterocycles. The number of hydrogen-bond acceptors (Lipinski definition) is 3. The van der Waals surface area contributed by atoms with Crippen LogP contribution in [-0.4, -0.2) is 32.6 Å². The van der Waals surface area contributed by atoms with Gasteiger partial charge in [-0.05, 0) is 12.1 Å². The summed E-state index contributed by atoms with van der Waals surface area (Å²) in [6, 6.07) is 7.88. The zero-order chi connectivity index (χ0) is 10.9. The zero-order valence-electron chi connectivity index (χ0n) is 8.92. The maximum Gasteiger partial charge on any atom is 0.141 e. The molecule has 0 radical (unpaired) electrons. The van der Waals surface area contributed by atoms with Crippen molar-refractivity contribution in [3.05, 3.63) is 24.3 Å². The minimum Gasteiger partial charge on any atom is -0.495 e. The average molecular weight is 229 g/mol. The molecule has 1 aromatic rings. The lowest BCUT2D eigenvalue weighted by atomic mass is 10.3. The highest BCUT2D eigenvalue weighted by Crippen LogP contribution is 2.22. The Kier molecular flexibility index (Phi) is 5.97. The minimum atomic E-state index is 0.647. The number of benzene rings is 1. The van der Waals surface area contributed by atoms with Crippen LogP contribution in [0.4, 0.5) is 5.69 Å². The van der Waals surface area contributed by atoms with Crippen molar-refractivity contribution in [2.45, 2.75) is 0 Å². The lowest BCUT2D eigenvalue weighted by molar-refractivity contribution is 0.416. The van der Waals surface area contributed by atoms with E-state index in [-0.39, 0.29) is 0 Å². The third kappa shape index (κ3) is 4.40. The predicted octanol–water partition coefficient (Wildman–Crippen LogP) is 1.94. The van der Waals surface area contributed by atoms with Crippen LogP contribution in [0.2, 0.25) is 0 Å². The van der Waals surface area contributed by atoms with E-state index in [0.717, 1.165) is 31.1 Å². The molecule has 0 spiro atoms. The van der Waals surface area contributed by atoms with Crippen LogP contribution in [0.1, 0.15) is 0 Å². The Morgan fingerprint density at radius 3 is 2.73 bits per heavy atom. The van der Waals surface area contributed by atoms with Gasteiger partial charge in [0.15, 0.2) is 0 Å². The van der Waals surface area contributed by atoms with Gasteiger partial charge in [-0.3, -0.25) is 0 Å². The number of alkyl halides is 1. The smallest absolute Gasteiger partial charge is 0.141 e. The summed E-state index contributed by atoms with van der Waals surface area (Å²) in [4.78, 5) is 0. The van der Waals surface area contributed by atoms with Gasteiger partial charge in [0.25, 0.3) is 0 Å². The molecular weight excluding hydrogens is 212 g/mol. The molecule has 0 fully saturated rings. The van der Waals surface area contributed by atoms with Gasteiger partial charge in [0.1, 0.15) is 5.75 Å². The van der Waals surface area contributed by atoms with Crippen LogP contribution >= 0.6 is 11.6 Å². The first-order valence-electron chi connectivity index (χ1n) is 5.02. The van der Waals surface area contributed by atoms with Crippen LogP contribution < -0.4 is 15.4 Å². The first kappa shape index (κ1) is 12.1. The van der Waals surface area contributed by atoms with Gasteiger partial charge in [-0.25, -0.2) is 0 Å². The van der Waals surface area contributed by atoms with E-state index in [4.69, 9.17) is 16.3 Å². The van der Waals surface area contributed by atoms with Gasteiger partial charge >= 0.3 is 0 Å². The molecule has 15 heavy (non-hydrogen) atoms. The van der Waals surface area contributed by atoms with Crippen molar-refractivity contribution in [3.8, 4) is 5.75 Å². The molecule has 2 N–H and O–H groups in total. The standard InChI is InChI=1S/C11H17ClN2O/c1-15-11-5-3-2-4-10(11)14-9-8-13-7-6-12/h2-5,13-14H,6-9H2,1H3. The lowest BCUT2D eigenvalue weighted by Crippen LogP contribution is -2.23. The summed E-state index contributed by atoms with van der Waals surface area (Å²) in [6.45, 7) is 2.59. The van der Waals surface area contributed by atoms with Gasteiger partial charge < -0.3 is 15.4 Å². The molecule has 1 aromatic carbocycles. The molecule has 0 aliphatic rings. The van der Waals surface area contributed by atoms with Crippen LogP contribution in [0.25, 0.3) is 0 Å². The highest BCUT2D eigenvalue weighted by Gasteiger charge is 1.98. The van der Waals surface area contributed by atoms with Gasteiger partial charge in [-0.15, -0.1) is 11.6 Å². The van der Waals surface area contributed by atoms with Crippen LogP contribution in [0.5, 0.6) is 5.75 Å². The van der Waals surface area contributed by atoms with Crippen LogP contribution in [-0.2, 0) is 0 Å². The first-order chi connectivity index (χ1) is 7.38. The van der Waals surface area contributed by atoms with Gasteiger partial charge in [0.2, 0.25) is 0 Å². The van der Waals surface area contributed by atoms with Crippen LogP contribution in [0, 0.1) is 0 Å². The molecule has 0 aliphatic carbocycles. The molecule has 84 valence electrons. The molecule has 0 unspecified atom stereocenters. The maximum atomic E-state index is 5.54. The van der Waals surface area contributed by atoms with Crippen molar-refractivity contribution in [1.82, 2.24) is 5.32 Å². The Labute approximate surface area is 95.8 Å². The van der Waals surface area contributed by atoms with Crippen molar-refractivity contribution in [2.24, 2.45) is 0 Å². The van der Waals surface area contributed by atoms with Crippen molar-refractivity contribution in [1.29, 1.82) is 0 Å². The van der Waals surface area contributed by atoms with Crippen molar-refractivity contribution in [2.75, 3.05) is 37.9 Å². The number of nitrogens with one attached hydrogen (secondary N) is 2. The summed E-state index contributed by atoms with van der Waals surface area (Å²) >= 11 is 5.54. The molecule has 0 atom stereocenters. The average Bonchev–Trinajstić information content (AvgIpc) is 2.29. The first-order valence-corrected chi connectivity index (χ1v) is 5.55. The highest BCUT2D eigenvalue weighted by molar-refractivity contribution is 6.18. The topological polar surface area (TPSA) is 33.3 Å². The largest absolute Gasteiger partial charge is 0.495 e. The fourth-order valence-corrected chi connectivity index (χ4v) is 1.40.